The van der Waals surface area contributed by atoms with Gasteiger partial charge in [0.1, 0.15) is 0 Å². The Balaban J connectivity index is 1.68. The fourth-order valence-electron chi connectivity index (χ4n) is 2.56. The summed E-state index contributed by atoms with van der Waals surface area (Å²) in [6.07, 6.45) is 0. The number of carbonyl (C=O) groups excluding carboxylic acids is 1. The predicted octanol–water partition coefficient (Wildman–Crippen LogP) is 5.09. The van der Waals surface area contributed by atoms with Crippen LogP contribution in [0.3, 0.4) is 0 Å². The summed E-state index contributed by atoms with van der Waals surface area (Å²) in [5, 5.41) is 11.2. The van der Waals surface area contributed by atoms with Crippen LogP contribution >= 0.6 is 11.8 Å². The Bertz CT molecular complexity index is 981. The molecule has 1 N–H and O–H groups in total. The van der Waals surface area contributed by atoms with Crippen molar-refractivity contribution in [1.82, 2.24) is 10.2 Å². The average molecular weight is 382 g/mol. The second-order valence-corrected chi connectivity index (χ2v) is 8.03. The van der Waals surface area contributed by atoms with Crippen LogP contribution < -0.4 is 5.32 Å². The average Bonchev–Trinajstić information content (AvgIpc) is 3.09. The van der Waals surface area contributed by atoms with Gasteiger partial charge in [-0.15, -0.1) is 10.2 Å². The summed E-state index contributed by atoms with van der Waals surface area (Å²) in [6.45, 7) is 9.90. The Morgan fingerprint density at radius 3 is 2.48 bits per heavy atom. The number of anilines is 1. The summed E-state index contributed by atoms with van der Waals surface area (Å²) in [7, 11) is 0. The second kappa shape index (κ2) is 7.96. The first-order chi connectivity index (χ1) is 12.8. The van der Waals surface area contributed by atoms with E-state index < -0.39 is 0 Å². The lowest BCUT2D eigenvalue weighted by Gasteiger charge is -2.12. The van der Waals surface area contributed by atoms with Crippen LogP contribution in [0.2, 0.25) is 0 Å². The normalized spacial score (nSPS) is 12.0. The molecule has 0 unspecified atom stereocenters. The van der Waals surface area contributed by atoms with Gasteiger partial charge in [0.15, 0.2) is 0 Å². The van der Waals surface area contributed by atoms with Gasteiger partial charge in [-0.1, -0.05) is 30.0 Å². The molecule has 1 amide bonds. The molecule has 1 aromatic heterocycles. The molecule has 0 fully saturated rings. The van der Waals surface area contributed by atoms with Crippen molar-refractivity contribution in [2.75, 3.05) is 5.32 Å². The Labute approximate surface area is 163 Å². The highest BCUT2D eigenvalue weighted by Gasteiger charge is 2.19. The van der Waals surface area contributed by atoms with Crippen LogP contribution in [0.5, 0.6) is 0 Å². The van der Waals surface area contributed by atoms with Crippen LogP contribution in [0.25, 0.3) is 11.5 Å². The van der Waals surface area contributed by atoms with Crippen LogP contribution in [0.15, 0.2) is 46.0 Å². The zero-order valence-corrected chi connectivity index (χ0v) is 17.0. The third kappa shape index (κ3) is 4.57. The van der Waals surface area contributed by atoms with E-state index in [-0.39, 0.29) is 11.2 Å². The van der Waals surface area contributed by atoms with Gasteiger partial charge in [-0.3, -0.25) is 4.79 Å². The fourth-order valence-corrected chi connectivity index (χ4v) is 3.24. The number of nitrogens with one attached hydrogen (secondary N) is 1. The number of carbonyl (C=O) groups is 1. The van der Waals surface area contributed by atoms with Gasteiger partial charge in [-0.25, -0.2) is 0 Å². The first-order valence-electron chi connectivity index (χ1n) is 8.79. The predicted molar refractivity (Wildman–Crippen MR) is 109 cm³/mol. The van der Waals surface area contributed by atoms with E-state index in [1.165, 1.54) is 22.9 Å². The van der Waals surface area contributed by atoms with Gasteiger partial charge in [0, 0.05) is 11.3 Å². The van der Waals surface area contributed by atoms with Gasteiger partial charge >= 0.3 is 0 Å². The van der Waals surface area contributed by atoms with Gasteiger partial charge in [0.25, 0.3) is 5.22 Å². The van der Waals surface area contributed by atoms with Crippen molar-refractivity contribution in [3.05, 3.63) is 58.7 Å². The van der Waals surface area contributed by atoms with Crippen molar-refractivity contribution in [2.24, 2.45) is 0 Å². The van der Waals surface area contributed by atoms with Crippen molar-refractivity contribution in [3.63, 3.8) is 0 Å². The van der Waals surface area contributed by atoms with E-state index in [9.17, 15) is 4.79 Å². The lowest BCUT2D eigenvalue weighted by atomic mass is 10.1. The zero-order chi connectivity index (χ0) is 19.6. The molecule has 0 aliphatic carbocycles. The molecule has 0 aliphatic rings. The fraction of sp³-hybridized carbons (Fsp3) is 0.286. The highest BCUT2D eigenvalue weighted by Crippen LogP contribution is 2.28. The molecule has 140 valence electrons. The van der Waals surface area contributed by atoms with E-state index in [2.05, 4.69) is 22.4 Å². The quantitative estimate of drug-likeness (QED) is 0.624. The highest BCUT2D eigenvalue weighted by atomic mass is 32.2. The summed E-state index contributed by atoms with van der Waals surface area (Å²) in [4.78, 5) is 12.5. The largest absolute Gasteiger partial charge is 0.411 e. The minimum absolute atomic E-state index is 0.0976. The molecule has 0 saturated carbocycles. The number of hydrogen-bond acceptors (Lipinski definition) is 5. The van der Waals surface area contributed by atoms with Crippen molar-refractivity contribution < 1.29 is 9.21 Å². The number of benzene rings is 2. The highest BCUT2D eigenvalue weighted by molar-refractivity contribution is 8.00. The van der Waals surface area contributed by atoms with Gasteiger partial charge < -0.3 is 9.73 Å². The maximum Gasteiger partial charge on any atom is 0.277 e. The van der Waals surface area contributed by atoms with E-state index in [0.29, 0.717) is 11.1 Å². The number of amides is 1. The summed E-state index contributed by atoms with van der Waals surface area (Å²) in [6, 6.07) is 12.0. The van der Waals surface area contributed by atoms with Gasteiger partial charge in [0.2, 0.25) is 11.8 Å². The molecule has 3 rings (SSSR count). The van der Waals surface area contributed by atoms with Crippen LogP contribution in [0, 0.1) is 27.7 Å². The zero-order valence-electron chi connectivity index (χ0n) is 16.2. The van der Waals surface area contributed by atoms with E-state index >= 15 is 0 Å². The van der Waals surface area contributed by atoms with Crippen molar-refractivity contribution in [1.29, 1.82) is 0 Å². The summed E-state index contributed by atoms with van der Waals surface area (Å²) >= 11 is 1.25. The second-order valence-electron chi connectivity index (χ2n) is 6.74. The van der Waals surface area contributed by atoms with Gasteiger partial charge in [-0.05, 0) is 75.1 Å². The molecular weight excluding hydrogens is 358 g/mol. The lowest BCUT2D eigenvalue weighted by Crippen LogP contribution is -2.22. The van der Waals surface area contributed by atoms with E-state index in [4.69, 9.17) is 4.42 Å². The Kier molecular flexibility index (Phi) is 5.65. The number of aryl methyl sites for hydroxylation is 4. The van der Waals surface area contributed by atoms with Gasteiger partial charge in [0.05, 0.1) is 5.25 Å². The number of nitrogens with zero attached hydrogens (tertiary/aromatic N) is 2. The van der Waals surface area contributed by atoms with E-state index in [1.807, 2.05) is 64.1 Å². The standard InChI is InChI=1S/C21H23N3O2S/c1-12-6-7-14(3)18(10-12)22-19(25)16(5)27-21-24-23-20(26-21)17-9-8-13(2)15(4)11-17/h6-11,16H,1-5H3,(H,22,25)/t16-/m0/s1. The maximum atomic E-state index is 12.5. The van der Waals surface area contributed by atoms with Crippen LogP contribution in [0.1, 0.15) is 29.2 Å². The van der Waals surface area contributed by atoms with Crippen molar-refractivity contribution in [3.8, 4) is 11.5 Å². The molecule has 3 aromatic rings. The monoisotopic (exact) mass is 381 g/mol. The summed E-state index contributed by atoms with van der Waals surface area (Å²) < 4.78 is 5.74. The molecule has 0 radical (unpaired) electrons. The smallest absolute Gasteiger partial charge is 0.277 e. The number of rotatable bonds is 5. The molecular formula is C21H23N3O2S. The Hall–Kier alpha value is -2.60. The topological polar surface area (TPSA) is 68.0 Å². The van der Waals surface area contributed by atoms with E-state index in [1.54, 1.807) is 0 Å². The molecule has 6 heteroatoms. The SMILES string of the molecule is Cc1ccc(C)c(NC(=O)[C@H](C)Sc2nnc(-c3ccc(C)c(C)c3)o2)c1. The Morgan fingerprint density at radius 2 is 1.74 bits per heavy atom. The molecule has 0 spiro atoms. The first kappa shape index (κ1) is 19.2. The third-order valence-electron chi connectivity index (χ3n) is 4.46. The molecule has 0 bridgehead atoms. The molecule has 0 saturated heterocycles. The van der Waals surface area contributed by atoms with Crippen LogP contribution in [-0.2, 0) is 4.79 Å². The number of aromatic nitrogens is 2. The molecule has 27 heavy (non-hydrogen) atoms. The molecule has 5 nitrogen and oxygen atoms in total. The van der Waals surface area contributed by atoms with E-state index in [0.717, 1.165) is 22.4 Å². The number of thioether (sulfide) groups is 1. The molecule has 1 atom stereocenters. The van der Waals surface area contributed by atoms with Crippen LogP contribution in [0.4, 0.5) is 5.69 Å². The third-order valence-corrected chi connectivity index (χ3v) is 5.39. The van der Waals surface area contributed by atoms with Crippen molar-refractivity contribution >= 4 is 23.4 Å². The minimum Gasteiger partial charge on any atom is -0.411 e. The summed E-state index contributed by atoms with van der Waals surface area (Å²) in [5.41, 5.74) is 6.22. The molecule has 1 heterocycles. The lowest BCUT2D eigenvalue weighted by molar-refractivity contribution is -0.115. The molecule has 0 aliphatic heterocycles. The van der Waals surface area contributed by atoms with Crippen molar-refractivity contribution in [2.45, 2.75) is 45.1 Å². The van der Waals surface area contributed by atoms with Gasteiger partial charge in [-0.2, -0.15) is 0 Å². The van der Waals surface area contributed by atoms with Crippen LogP contribution in [-0.4, -0.2) is 21.4 Å². The first-order valence-corrected chi connectivity index (χ1v) is 9.67. The number of hydrogen-bond donors (Lipinski definition) is 1. The Morgan fingerprint density at radius 1 is 1.00 bits per heavy atom. The molecule has 2 aromatic carbocycles. The summed E-state index contributed by atoms with van der Waals surface area (Å²) in [5.74, 6) is 0.363. The minimum atomic E-state index is -0.363. The maximum absolute atomic E-state index is 12.5.